The molecule has 0 aliphatic carbocycles. The maximum Gasteiger partial charge on any atom is 0.122 e. The van der Waals surface area contributed by atoms with Gasteiger partial charge in [-0.15, -0.1) is 0 Å². The number of rotatable bonds is 10. The van der Waals surface area contributed by atoms with Gasteiger partial charge in [-0.2, -0.15) is 0 Å². The van der Waals surface area contributed by atoms with Crippen LogP contribution in [0.1, 0.15) is 37.5 Å². The molecule has 4 nitrogen and oxygen atoms in total. The van der Waals surface area contributed by atoms with E-state index in [1.807, 2.05) is 48.5 Å². The van der Waals surface area contributed by atoms with Gasteiger partial charge in [0.1, 0.15) is 11.5 Å². The Kier molecular flexibility index (Phi) is 7.95. The topological polar surface area (TPSA) is 41.9 Å². The number of hydrogen-bond acceptors (Lipinski definition) is 4. The van der Waals surface area contributed by atoms with Gasteiger partial charge in [-0.3, -0.25) is 4.90 Å². The first kappa shape index (κ1) is 20.3. The van der Waals surface area contributed by atoms with Gasteiger partial charge in [-0.05, 0) is 42.1 Å². The van der Waals surface area contributed by atoms with Crippen LogP contribution in [0, 0.1) is 5.92 Å². The minimum absolute atomic E-state index is 0.504. The Bertz CT molecular complexity index is 635. The summed E-state index contributed by atoms with van der Waals surface area (Å²) >= 11 is 0. The molecule has 1 unspecified atom stereocenters. The first-order valence-electron chi connectivity index (χ1n) is 9.19. The van der Waals surface area contributed by atoms with Crippen LogP contribution in [-0.4, -0.2) is 37.3 Å². The third-order valence-electron chi connectivity index (χ3n) is 4.46. The Morgan fingerprint density at radius 3 is 2.12 bits per heavy atom. The van der Waals surface area contributed by atoms with E-state index >= 15 is 0 Å². The molecule has 0 aliphatic rings. The molecule has 0 aromatic heterocycles. The molecule has 1 N–H and O–H groups in total. The van der Waals surface area contributed by atoms with E-state index < -0.39 is 6.10 Å². The maximum absolute atomic E-state index is 10.6. The molecule has 0 bridgehead atoms. The fourth-order valence-electron chi connectivity index (χ4n) is 2.92. The second-order valence-corrected chi connectivity index (χ2v) is 7.07. The fourth-order valence-corrected chi connectivity index (χ4v) is 2.92. The van der Waals surface area contributed by atoms with Crippen molar-refractivity contribution < 1.29 is 14.6 Å². The standard InChI is InChI=1S/C22H31NO3/c1-17(2)10-11-23(16-22(24)19-8-6-5-7-9-19)15-18-12-20(25-3)14-21(13-18)26-4/h5-9,12-14,17,22,24H,10-11,15-16H2,1-4H3. The zero-order chi connectivity index (χ0) is 18.9. The quantitative estimate of drug-likeness (QED) is 0.689. The van der Waals surface area contributed by atoms with E-state index in [-0.39, 0.29) is 0 Å². The lowest BCUT2D eigenvalue weighted by molar-refractivity contribution is 0.106. The average molecular weight is 357 g/mol. The van der Waals surface area contributed by atoms with E-state index in [0.717, 1.165) is 42.1 Å². The molecule has 2 rings (SSSR count). The van der Waals surface area contributed by atoms with Crippen LogP contribution >= 0.6 is 0 Å². The van der Waals surface area contributed by atoms with Crippen molar-refractivity contribution in [1.82, 2.24) is 4.90 Å². The average Bonchev–Trinajstić information content (AvgIpc) is 2.66. The molecular formula is C22H31NO3. The van der Waals surface area contributed by atoms with Crippen LogP contribution in [0.3, 0.4) is 0 Å². The molecule has 0 heterocycles. The fraction of sp³-hybridized carbons (Fsp3) is 0.455. The zero-order valence-electron chi connectivity index (χ0n) is 16.3. The highest BCUT2D eigenvalue weighted by Gasteiger charge is 2.15. The molecule has 2 aromatic carbocycles. The van der Waals surface area contributed by atoms with Crippen LogP contribution in [-0.2, 0) is 6.54 Å². The molecule has 0 fully saturated rings. The first-order chi connectivity index (χ1) is 12.5. The van der Waals surface area contributed by atoms with Crippen LogP contribution in [0.25, 0.3) is 0 Å². The summed E-state index contributed by atoms with van der Waals surface area (Å²) in [4.78, 5) is 2.30. The Morgan fingerprint density at radius 1 is 0.962 bits per heavy atom. The molecule has 0 saturated heterocycles. The van der Waals surface area contributed by atoms with Crippen LogP contribution in [0.4, 0.5) is 0 Å². The minimum Gasteiger partial charge on any atom is -0.497 e. The molecular weight excluding hydrogens is 326 g/mol. The molecule has 4 heteroatoms. The Hall–Kier alpha value is -2.04. The van der Waals surface area contributed by atoms with Gasteiger partial charge >= 0.3 is 0 Å². The Morgan fingerprint density at radius 2 is 1.58 bits per heavy atom. The molecule has 2 aromatic rings. The summed E-state index contributed by atoms with van der Waals surface area (Å²) in [5.74, 6) is 2.18. The highest BCUT2D eigenvalue weighted by molar-refractivity contribution is 5.38. The van der Waals surface area contributed by atoms with E-state index in [9.17, 15) is 5.11 Å². The third kappa shape index (κ3) is 6.36. The summed E-state index contributed by atoms with van der Waals surface area (Å²) in [5, 5.41) is 10.6. The van der Waals surface area contributed by atoms with E-state index in [2.05, 4.69) is 18.7 Å². The number of aliphatic hydroxyl groups excluding tert-OH is 1. The van der Waals surface area contributed by atoms with Crippen molar-refractivity contribution in [2.75, 3.05) is 27.3 Å². The smallest absolute Gasteiger partial charge is 0.122 e. The third-order valence-corrected chi connectivity index (χ3v) is 4.46. The highest BCUT2D eigenvalue weighted by atomic mass is 16.5. The predicted molar refractivity (Wildman–Crippen MR) is 106 cm³/mol. The highest BCUT2D eigenvalue weighted by Crippen LogP contribution is 2.24. The van der Waals surface area contributed by atoms with Crippen LogP contribution in [0.5, 0.6) is 11.5 Å². The van der Waals surface area contributed by atoms with Gasteiger partial charge in [0.05, 0.1) is 20.3 Å². The molecule has 0 amide bonds. The summed E-state index contributed by atoms with van der Waals surface area (Å²) in [6.07, 6.45) is 0.582. The Balaban J connectivity index is 2.13. The number of nitrogens with zero attached hydrogens (tertiary/aromatic N) is 1. The SMILES string of the molecule is COc1cc(CN(CCC(C)C)CC(O)c2ccccc2)cc(OC)c1. The number of benzene rings is 2. The van der Waals surface area contributed by atoms with Crippen molar-refractivity contribution in [2.45, 2.75) is 32.9 Å². The van der Waals surface area contributed by atoms with Crippen molar-refractivity contribution in [1.29, 1.82) is 0 Å². The number of aliphatic hydroxyl groups is 1. The molecule has 0 radical (unpaired) electrons. The van der Waals surface area contributed by atoms with Crippen LogP contribution in [0.2, 0.25) is 0 Å². The van der Waals surface area contributed by atoms with E-state index in [1.165, 1.54) is 0 Å². The van der Waals surface area contributed by atoms with Crippen molar-refractivity contribution in [2.24, 2.45) is 5.92 Å². The maximum atomic E-state index is 10.6. The van der Waals surface area contributed by atoms with E-state index in [1.54, 1.807) is 14.2 Å². The van der Waals surface area contributed by atoms with Crippen LogP contribution < -0.4 is 9.47 Å². The second-order valence-electron chi connectivity index (χ2n) is 7.07. The van der Waals surface area contributed by atoms with Crippen molar-refractivity contribution in [3.63, 3.8) is 0 Å². The van der Waals surface area contributed by atoms with Gasteiger partial charge in [-0.25, -0.2) is 0 Å². The summed E-state index contributed by atoms with van der Waals surface area (Å²) in [6.45, 7) is 6.71. The monoisotopic (exact) mass is 357 g/mol. The van der Waals surface area contributed by atoms with Gasteiger partial charge in [0.15, 0.2) is 0 Å². The van der Waals surface area contributed by atoms with Crippen molar-refractivity contribution in [3.8, 4) is 11.5 Å². The number of methoxy groups -OCH3 is 2. The van der Waals surface area contributed by atoms with Crippen LogP contribution in [0.15, 0.2) is 48.5 Å². The first-order valence-corrected chi connectivity index (χ1v) is 9.19. The van der Waals surface area contributed by atoms with Gasteiger partial charge < -0.3 is 14.6 Å². The molecule has 1 atom stereocenters. The lowest BCUT2D eigenvalue weighted by Gasteiger charge is -2.26. The summed E-state index contributed by atoms with van der Waals surface area (Å²) in [7, 11) is 3.32. The largest absolute Gasteiger partial charge is 0.497 e. The number of hydrogen-bond donors (Lipinski definition) is 1. The zero-order valence-corrected chi connectivity index (χ0v) is 16.3. The van der Waals surface area contributed by atoms with E-state index in [4.69, 9.17) is 9.47 Å². The summed E-state index contributed by atoms with van der Waals surface area (Å²) in [5.41, 5.74) is 2.07. The van der Waals surface area contributed by atoms with E-state index in [0.29, 0.717) is 12.5 Å². The summed E-state index contributed by atoms with van der Waals surface area (Å²) in [6, 6.07) is 15.8. The second kappa shape index (κ2) is 10.2. The van der Waals surface area contributed by atoms with Crippen molar-refractivity contribution >= 4 is 0 Å². The van der Waals surface area contributed by atoms with Crippen molar-refractivity contribution in [3.05, 3.63) is 59.7 Å². The van der Waals surface area contributed by atoms with Gasteiger partial charge in [-0.1, -0.05) is 44.2 Å². The lowest BCUT2D eigenvalue weighted by atomic mass is 10.1. The molecule has 0 spiro atoms. The van der Waals surface area contributed by atoms with Gasteiger partial charge in [0.25, 0.3) is 0 Å². The normalized spacial score (nSPS) is 12.4. The van der Waals surface area contributed by atoms with Gasteiger partial charge in [0, 0.05) is 19.2 Å². The Labute approximate surface area is 157 Å². The predicted octanol–water partition coefficient (Wildman–Crippen LogP) is 4.29. The number of ether oxygens (including phenoxy) is 2. The molecule has 0 aliphatic heterocycles. The van der Waals surface area contributed by atoms with Gasteiger partial charge in [0.2, 0.25) is 0 Å². The molecule has 0 saturated carbocycles. The molecule has 26 heavy (non-hydrogen) atoms. The summed E-state index contributed by atoms with van der Waals surface area (Å²) < 4.78 is 10.8. The lowest BCUT2D eigenvalue weighted by Crippen LogP contribution is -2.30. The minimum atomic E-state index is -0.504. The molecule has 142 valence electrons.